The molecule has 1 aromatic heterocycles. The van der Waals surface area contributed by atoms with Crippen molar-refractivity contribution in [2.75, 3.05) is 44.8 Å². The Hall–Kier alpha value is -1.49. The SMILES string of the molecule is COc1nc(NCCC2CCN(C)CC2)ccc1N. The lowest BCUT2D eigenvalue weighted by atomic mass is 9.94. The molecule has 0 aliphatic carbocycles. The smallest absolute Gasteiger partial charge is 0.238 e. The lowest BCUT2D eigenvalue weighted by molar-refractivity contribution is 0.215. The molecular weight excluding hydrogens is 240 g/mol. The predicted octanol–water partition coefficient (Wildman–Crippen LogP) is 1.82. The molecule has 0 saturated carbocycles. The van der Waals surface area contributed by atoms with Crippen molar-refractivity contribution in [2.45, 2.75) is 19.3 Å². The fraction of sp³-hybridized carbons (Fsp3) is 0.643. The van der Waals surface area contributed by atoms with E-state index in [1.165, 1.54) is 32.4 Å². The normalized spacial score (nSPS) is 17.4. The van der Waals surface area contributed by atoms with Gasteiger partial charge in [0.05, 0.1) is 12.8 Å². The summed E-state index contributed by atoms with van der Waals surface area (Å²) in [4.78, 5) is 6.72. The first-order valence-corrected chi connectivity index (χ1v) is 6.92. The number of hydrogen-bond donors (Lipinski definition) is 2. The minimum atomic E-state index is 0.490. The maximum Gasteiger partial charge on any atom is 0.238 e. The summed E-state index contributed by atoms with van der Waals surface area (Å²) >= 11 is 0. The Kier molecular flexibility index (Phi) is 4.85. The first-order valence-electron chi connectivity index (χ1n) is 6.92. The van der Waals surface area contributed by atoms with Gasteiger partial charge in [0.1, 0.15) is 5.82 Å². The van der Waals surface area contributed by atoms with Crippen LogP contribution in [0.3, 0.4) is 0 Å². The standard InChI is InChI=1S/C14H24N4O/c1-18-9-6-11(7-10-18)5-8-16-13-4-3-12(15)14(17-13)19-2/h3-4,11H,5-10,15H2,1-2H3,(H,16,17). The second-order valence-corrected chi connectivity index (χ2v) is 5.26. The van der Waals surface area contributed by atoms with E-state index in [4.69, 9.17) is 10.5 Å². The van der Waals surface area contributed by atoms with Crippen molar-refractivity contribution in [2.24, 2.45) is 5.92 Å². The van der Waals surface area contributed by atoms with Crippen LogP contribution in [0.25, 0.3) is 0 Å². The molecule has 0 atom stereocenters. The molecule has 3 N–H and O–H groups in total. The topological polar surface area (TPSA) is 63.4 Å². The molecule has 1 aromatic rings. The fourth-order valence-electron chi connectivity index (χ4n) is 2.47. The molecule has 19 heavy (non-hydrogen) atoms. The third-order valence-electron chi connectivity index (χ3n) is 3.78. The number of anilines is 2. The highest BCUT2D eigenvalue weighted by Gasteiger charge is 2.16. The lowest BCUT2D eigenvalue weighted by Gasteiger charge is -2.28. The highest BCUT2D eigenvalue weighted by molar-refractivity contribution is 5.53. The number of nitrogen functional groups attached to an aromatic ring is 1. The number of methoxy groups -OCH3 is 1. The van der Waals surface area contributed by atoms with Gasteiger partial charge in [-0.2, -0.15) is 4.98 Å². The number of nitrogens with two attached hydrogens (primary N) is 1. The molecule has 0 radical (unpaired) electrons. The number of aromatic nitrogens is 1. The largest absolute Gasteiger partial charge is 0.479 e. The zero-order valence-electron chi connectivity index (χ0n) is 11.9. The van der Waals surface area contributed by atoms with Gasteiger partial charge in [-0.05, 0) is 57.5 Å². The van der Waals surface area contributed by atoms with E-state index < -0.39 is 0 Å². The molecule has 0 aromatic carbocycles. The van der Waals surface area contributed by atoms with Crippen LogP contribution in [-0.2, 0) is 0 Å². The molecule has 5 heteroatoms. The van der Waals surface area contributed by atoms with Gasteiger partial charge < -0.3 is 20.7 Å². The molecule has 0 spiro atoms. The first-order chi connectivity index (χ1) is 9.19. The zero-order valence-corrected chi connectivity index (χ0v) is 11.9. The maximum absolute atomic E-state index is 5.74. The molecule has 106 valence electrons. The van der Waals surface area contributed by atoms with E-state index in [1.807, 2.05) is 12.1 Å². The Morgan fingerprint density at radius 2 is 2.16 bits per heavy atom. The monoisotopic (exact) mass is 264 g/mol. The van der Waals surface area contributed by atoms with Crippen LogP contribution in [0, 0.1) is 5.92 Å². The number of hydrogen-bond acceptors (Lipinski definition) is 5. The van der Waals surface area contributed by atoms with E-state index in [9.17, 15) is 0 Å². The molecule has 0 amide bonds. The van der Waals surface area contributed by atoms with Gasteiger partial charge in [-0.1, -0.05) is 0 Å². The summed E-state index contributed by atoms with van der Waals surface area (Å²) in [5.41, 5.74) is 6.31. The molecule has 2 heterocycles. The van der Waals surface area contributed by atoms with Gasteiger partial charge in [0, 0.05) is 6.54 Å². The third-order valence-corrected chi connectivity index (χ3v) is 3.78. The Morgan fingerprint density at radius 1 is 1.42 bits per heavy atom. The van der Waals surface area contributed by atoms with Gasteiger partial charge in [0.15, 0.2) is 0 Å². The summed E-state index contributed by atoms with van der Waals surface area (Å²) in [5.74, 6) is 2.16. The lowest BCUT2D eigenvalue weighted by Crippen LogP contribution is -2.30. The van der Waals surface area contributed by atoms with Crippen molar-refractivity contribution in [3.05, 3.63) is 12.1 Å². The van der Waals surface area contributed by atoms with Crippen LogP contribution in [0.5, 0.6) is 5.88 Å². The fourth-order valence-corrected chi connectivity index (χ4v) is 2.47. The van der Waals surface area contributed by atoms with E-state index in [0.717, 1.165) is 18.3 Å². The molecular formula is C14H24N4O. The zero-order chi connectivity index (χ0) is 13.7. The molecule has 1 aliphatic rings. The van der Waals surface area contributed by atoms with Crippen LogP contribution in [-0.4, -0.2) is 43.7 Å². The Morgan fingerprint density at radius 3 is 2.84 bits per heavy atom. The van der Waals surface area contributed by atoms with Crippen molar-refractivity contribution in [3.8, 4) is 5.88 Å². The highest BCUT2D eigenvalue weighted by Crippen LogP contribution is 2.22. The summed E-state index contributed by atoms with van der Waals surface area (Å²) in [7, 11) is 3.78. The van der Waals surface area contributed by atoms with Gasteiger partial charge in [0.2, 0.25) is 5.88 Å². The molecule has 2 rings (SSSR count). The average Bonchev–Trinajstić information content (AvgIpc) is 2.43. The molecule has 5 nitrogen and oxygen atoms in total. The predicted molar refractivity (Wildman–Crippen MR) is 78.5 cm³/mol. The van der Waals surface area contributed by atoms with Gasteiger partial charge in [-0.3, -0.25) is 0 Å². The molecule has 0 unspecified atom stereocenters. The molecule has 1 fully saturated rings. The van der Waals surface area contributed by atoms with E-state index in [-0.39, 0.29) is 0 Å². The summed E-state index contributed by atoms with van der Waals surface area (Å²) < 4.78 is 5.11. The number of pyridine rings is 1. The van der Waals surface area contributed by atoms with Crippen LogP contribution in [0.2, 0.25) is 0 Å². The van der Waals surface area contributed by atoms with Gasteiger partial charge >= 0.3 is 0 Å². The Labute approximate surface area is 115 Å². The van der Waals surface area contributed by atoms with Crippen molar-refractivity contribution in [3.63, 3.8) is 0 Å². The van der Waals surface area contributed by atoms with E-state index in [2.05, 4.69) is 22.2 Å². The minimum Gasteiger partial charge on any atom is -0.479 e. The van der Waals surface area contributed by atoms with E-state index >= 15 is 0 Å². The third kappa shape index (κ3) is 3.99. The summed E-state index contributed by atoms with van der Waals surface area (Å²) in [6.45, 7) is 3.39. The highest BCUT2D eigenvalue weighted by atomic mass is 16.5. The van der Waals surface area contributed by atoms with Gasteiger partial charge in [-0.15, -0.1) is 0 Å². The first kappa shape index (κ1) is 13.9. The van der Waals surface area contributed by atoms with E-state index in [1.54, 1.807) is 7.11 Å². The van der Waals surface area contributed by atoms with Crippen molar-refractivity contribution in [1.29, 1.82) is 0 Å². The van der Waals surface area contributed by atoms with Crippen LogP contribution in [0.4, 0.5) is 11.5 Å². The summed E-state index contributed by atoms with van der Waals surface area (Å²) in [6.07, 6.45) is 3.80. The maximum atomic E-state index is 5.74. The summed E-state index contributed by atoms with van der Waals surface area (Å²) in [5, 5.41) is 3.34. The van der Waals surface area contributed by atoms with Crippen LogP contribution >= 0.6 is 0 Å². The number of nitrogens with one attached hydrogen (secondary N) is 1. The molecule has 1 saturated heterocycles. The second kappa shape index (κ2) is 6.61. The average molecular weight is 264 g/mol. The number of rotatable bonds is 5. The number of piperidine rings is 1. The van der Waals surface area contributed by atoms with Crippen molar-refractivity contribution in [1.82, 2.24) is 9.88 Å². The van der Waals surface area contributed by atoms with Gasteiger partial charge in [0.25, 0.3) is 0 Å². The van der Waals surface area contributed by atoms with Gasteiger partial charge in [-0.25, -0.2) is 0 Å². The Bertz CT molecular complexity index is 402. The number of ether oxygens (including phenoxy) is 1. The second-order valence-electron chi connectivity index (χ2n) is 5.26. The van der Waals surface area contributed by atoms with Crippen LogP contribution < -0.4 is 15.8 Å². The number of likely N-dealkylation sites (tertiary alicyclic amines) is 1. The molecule has 1 aliphatic heterocycles. The Balaban J connectivity index is 1.76. The quantitative estimate of drug-likeness (QED) is 0.849. The minimum absolute atomic E-state index is 0.490. The number of nitrogens with zero attached hydrogens (tertiary/aromatic N) is 2. The van der Waals surface area contributed by atoms with Crippen molar-refractivity contribution >= 4 is 11.5 Å². The van der Waals surface area contributed by atoms with E-state index in [0.29, 0.717) is 11.6 Å². The van der Waals surface area contributed by atoms with Crippen molar-refractivity contribution < 1.29 is 4.74 Å². The van der Waals surface area contributed by atoms with Crippen LogP contribution in [0.1, 0.15) is 19.3 Å². The summed E-state index contributed by atoms with van der Waals surface area (Å²) in [6, 6.07) is 3.72. The molecule has 0 bridgehead atoms. The van der Waals surface area contributed by atoms with Crippen LogP contribution in [0.15, 0.2) is 12.1 Å².